The molecule has 2 aromatic carbocycles. The molecule has 1 amide bonds. The first kappa shape index (κ1) is 14.5. The highest BCUT2D eigenvalue weighted by molar-refractivity contribution is 8.00. The van der Waals surface area contributed by atoms with Crippen LogP contribution in [0.4, 0.5) is 5.69 Å². The van der Waals surface area contributed by atoms with Crippen LogP contribution in [-0.4, -0.2) is 18.8 Å². The first-order chi connectivity index (χ1) is 9.69. The Hall–Kier alpha value is -1.94. The first-order valence-electron chi connectivity index (χ1n) is 6.31. The molecule has 104 valence electrons. The molecule has 2 rings (SSSR count). The number of hydrogen-bond acceptors (Lipinski definition) is 3. The number of nitrogens with one attached hydrogen (secondary N) is 1. The summed E-state index contributed by atoms with van der Waals surface area (Å²) >= 11 is 1.51. The molecule has 0 aliphatic heterocycles. The smallest absolute Gasteiger partial charge is 0.234 e. The summed E-state index contributed by atoms with van der Waals surface area (Å²) in [6, 6.07) is 15.6. The van der Waals surface area contributed by atoms with Crippen LogP contribution in [0.5, 0.6) is 5.75 Å². The van der Waals surface area contributed by atoms with Crippen LogP contribution >= 0.6 is 11.8 Å². The summed E-state index contributed by atoms with van der Waals surface area (Å²) in [5.41, 5.74) is 1.79. The molecule has 0 radical (unpaired) electrons. The summed E-state index contributed by atoms with van der Waals surface area (Å²) in [4.78, 5) is 13.1. The van der Waals surface area contributed by atoms with Gasteiger partial charge in [0.2, 0.25) is 5.91 Å². The predicted octanol–water partition coefficient (Wildman–Crippen LogP) is 3.73. The van der Waals surface area contributed by atoms with Crippen LogP contribution in [0.25, 0.3) is 0 Å². The van der Waals surface area contributed by atoms with E-state index in [-0.39, 0.29) is 5.91 Å². The second-order valence-electron chi connectivity index (χ2n) is 4.35. The molecule has 0 saturated heterocycles. The lowest BCUT2D eigenvalue weighted by Crippen LogP contribution is -2.14. The van der Waals surface area contributed by atoms with Gasteiger partial charge in [-0.15, -0.1) is 11.8 Å². The summed E-state index contributed by atoms with van der Waals surface area (Å²) in [5.74, 6) is 1.01. The van der Waals surface area contributed by atoms with Crippen molar-refractivity contribution in [3.05, 3.63) is 54.1 Å². The lowest BCUT2D eigenvalue weighted by atomic mass is 10.2. The average molecular weight is 287 g/mol. The Morgan fingerprint density at radius 3 is 2.65 bits per heavy atom. The summed E-state index contributed by atoms with van der Waals surface area (Å²) in [6.07, 6.45) is 0. The van der Waals surface area contributed by atoms with E-state index in [1.165, 1.54) is 11.8 Å². The van der Waals surface area contributed by atoms with Gasteiger partial charge in [-0.3, -0.25) is 4.79 Å². The summed E-state index contributed by atoms with van der Waals surface area (Å²) in [7, 11) is 1.60. The standard InChI is InChI=1S/C16H17NO2S/c1-12-8-9-15(19-2)14(10-12)17-16(18)11-20-13-6-4-3-5-7-13/h3-10H,11H2,1-2H3,(H,17,18). The van der Waals surface area contributed by atoms with Gasteiger partial charge in [0.25, 0.3) is 0 Å². The minimum atomic E-state index is -0.0391. The number of carbonyl (C=O) groups is 1. The fraction of sp³-hybridized carbons (Fsp3) is 0.188. The maximum absolute atomic E-state index is 12.0. The van der Waals surface area contributed by atoms with Crippen molar-refractivity contribution in [2.45, 2.75) is 11.8 Å². The molecule has 0 fully saturated rings. The van der Waals surface area contributed by atoms with Crippen molar-refractivity contribution in [1.29, 1.82) is 0 Å². The summed E-state index contributed by atoms with van der Waals surface area (Å²) in [6.45, 7) is 1.98. The fourth-order valence-corrected chi connectivity index (χ4v) is 2.49. The molecule has 0 bridgehead atoms. The Bertz CT molecular complexity index is 584. The Balaban J connectivity index is 1.96. The van der Waals surface area contributed by atoms with Crippen molar-refractivity contribution in [2.24, 2.45) is 0 Å². The summed E-state index contributed by atoms with van der Waals surface area (Å²) < 4.78 is 5.24. The van der Waals surface area contributed by atoms with E-state index in [4.69, 9.17) is 4.74 Å². The van der Waals surface area contributed by atoms with Crippen molar-refractivity contribution in [2.75, 3.05) is 18.2 Å². The largest absolute Gasteiger partial charge is 0.495 e. The van der Waals surface area contributed by atoms with Gasteiger partial charge in [0.15, 0.2) is 0 Å². The number of ether oxygens (including phenoxy) is 1. The number of amides is 1. The number of hydrogen-bond donors (Lipinski definition) is 1. The second kappa shape index (κ2) is 7.01. The molecule has 4 heteroatoms. The monoisotopic (exact) mass is 287 g/mol. The lowest BCUT2D eigenvalue weighted by molar-refractivity contribution is -0.113. The molecular formula is C16H17NO2S. The quantitative estimate of drug-likeness (QED) is 0.851. The van der Waals surface area contributed by atoms with Crippen LogP contribution in [0.3, 0.4) is 0 Å². The first-order valence-corrected chi connectivity index (χ1v) is 7.30. The van der Waals surface area contributed by atoms with Crippen LogP contribution < -0.4 is 10.1 Å². The van der Waals surface area contributed by atoms with Gasteiger partial charge < -0.3 is 10.1 Å². The molecule has 0 aliphatic carbocycles. The molecule has 0 atom stereocenters. The zero-order valence-electron chi connectivity index (χ0n) is 11.6. The Morgan fingerprint density at radius 2 is 1.95 bits per heavy atom. The van der Waals surface area contributed by atoms with Gasteiger partial charge in [0, 0.05) is 4.90 Å². The molecule has 0 heterocycles. The van der Waals surface area contributed by atoms with Crippen LogP contribution in [0, 0.1) is 6.92 Å². The number of benzene rings is 2. The third-order valence-electron chi connectivity index (χ3n) is 2.74. The molecule has 1 N–H and O–H groups in total. The van der Waals surface area contributed by atoms with E-state index in [9.17, 15) is 4.79 Å². The van der Waals surface area contributed by atoms with Crippen LogP contribution in [0.15, 0.2) is 53.4 Å². The topological polar surface area (TPSA) is 38.3 Å². The molecule has 20 heavy (non-hydrogen) atoms. The van der Waals surface area contributed by atoms with E-state index in [0.29, 0.717) is 17.2 Å². The van der Waals surface area contributed by atoms with Crippen LogP contribution in [-0.2, 0) is 4.79 Å². The molecule has 3 nitrogen and oxygen atoms in total. The number of aryl methyl sites for hydroxylation is 1. The van der Waals surface area contributed by atoms with Gasteiger partial charge in [-0.25, -0.2) is 0 Å². The molecular weight excluding hydrogens is 270 g/mol. The van der Waals surface area contributed by atoms with E-state index in [0.717, 1.165) is 10.5 Å². The molecule has 0 aliphatic rings. The highest BCUT2D eigenvalue weighted by Gasteiger charge is 2.08. The van der Waals surface area contributed by atoms with Gasteiger partial charge in [0.05, 0.1) is 18.6 Å². The van der Waals surface area contributed by atoms with Gasteiger partial charge >= 0.3 is 0 Å². The van der Waals surface area contributed by atoms with Gasteiger partial charge in [-0.05, 0) is 36.8 Å². The van der Waals surface area contributed by atoms with Crippen molar-refractivity contribution in [3.8, 4) is 5.75 Å². The summed E-state index contributed by atoms with van der Waals surface area (Å²) in [5, 5.41) is 2.89. The SMILES string of the molecule is COc1ccc(C)cc1NC(=O)CSc1ccccc1. The highest BCUT2D eigenvalue weighted by atomic mass is 32.2. The number of methoxy groups -OCH3 is 1. The van der Waals surface area contributed by atoms with Gasteiger partial charge in [0.1, 0.15) is 5.75 Å². The molecule has 2 aromatic rings. The lowest BCUT2D eigenvalue weighted by Gasteiger charge is -2.10. The maximum atomic E-state index is 12.0. The maximum Gasteiger partial charge on any atom is 0.234 e. The van der Waals surface area contributed by atoms with E-state index in [2.05, 4.69) is 5.32 Å². The number of thioether (sulfide) groups is 1. The van der Waals surface area contributed by atoms with E-state index in [1.54, 1.807) is 7.11 Å². The van der Waals surface area contributed by atoms with Crippen molar-refractivity contribution < 1.29 is 9.53 Å². The van der Waals surface area contributed by atoms with E-state index < -0.39 is 0 Å². The third kappa shape index (κ3) is 4.03. The second-order valence-corrected chi connectivity index (χ2v) is 5.40. The Labute approximate surface area is 123 Å². The van der Waals surface area contributed by atoms with Crippen molar-refractivity contribution >= 4 is 23.4 Å². The number of anilines is 1. The highest BCUT2D eigenvalue weighted by Crippen LogP contribution is 2.25. The molecule has 0 saturated carbocycles. The van der Waals surface area contributed by atoms with E-state index >= 15 is 0 Å². The number of carbonyl (C=O) groups excluding carboxylic acids is 1. The molecule has 0 unspecified atom stereocenters. The van der Waals surface area contributed by atoms with Gasteiger partial charge in [-0.1, -0.05) is 24.3 Å². The average Bonchev–Trinajstić information content (AvgIpc) is 2.46. The minimum Gasteiger partial charge on any atom is -0.495 e. The Morgan fingerprint density at radius 1 is 1.20 bits per heavy atom. The number of rotatable bonds is 5. The molecule has 0 aromatic heterocycles. The minimum absolute atomic E-state index is 0.0391. The van der Waals surface area contributed by atoms with E-state index in [1.807, 2.05) is 55.5 Å². The van der Waals surface area contributed by atoms with Gasteiger partial charge in [-0.2, -0.15) is 0 Å². The zero-order valence-corrected chi connectivity index (χ0v) is 12.4. The third-order valence-corrected chi connectivity index (χ3v) is 3.75. The Kier molecular flexibility index (Phi) is 5.07. The normalized spacial score (nSPS) is 10.1. The zero-order chi connectivity index (χ0) is 14.4. The fourth-order valence-electron chi connectivity index (χ4n) is 1.77. The van der Waals surface area contributed by atoms with Crippen molar-refractivity contribution in [1.82, 2.24) is 0 Å². The van der Waals surface area contributed by atoms with Crippen LogP contribution in [0.2, 0.25) is 0 Å². The predicted molar refractivity (Wildman–Crippen MR) is 83.5 cm³/mol. The molecule has 0 spiro atoms. The van der Waals surface area contributed by atoms with Crippen molar-refractivity contribution in [3.63, 3.8) is 0 Å². The van der Waals surface area contributed by atoms with Crippen LogP contribution in [0.1, 0.15) is 5.56 Å².